The first-order chi connectivity index (χ1) is 14.9. The van der Waals surface area contributed by atoms with Gasteiger partial charge in [-0.1, -0.05) is 41.6 Å². The molecule has 0 spiro atoms. The maximum absolute atomic E-state index is 12.5. The average Bonchev–Trinajstić information content (AvgIpc) is 2.78. The molecule has 0 fully saturated rings. The lowest BCUT2D eigenvalue weighted by atomic mass is 10.1. The molecule has 0 bridgehead atoms. The van der Waals surface area contributed by atoms with Gasteiger partial charge in [0.2, 0.25) is 11.1 Å². The van der Waals surface area contributed by atoms with Gasteiger partial charge in [-0.05, 0) is 24.6 Å². The zero-order valence-electron chi connectivity index (χ0n) is 17.4. The fourth-order valence-corrected chi connectivity index (χ4v) is 3.40. The van der Waals surface area contributed by atoms with Crippen molar-refractivity contribution >= 4 is 23.4 Å². The minimum atomic E-state index is -0.449. The third-order valence-corrected chi connectivity index (χ3v) is 5.38. The Labute approximate surface area is 183 Å². The van der Waals surface area contributed by atoms with Crippen molar-refractivity contribution in [3.63, 3.8) is 0 Å². The van der Waals surface area contributed by atoms with Crippen LogP contribution >= 0.6 is 11.8 Å². The van der Waals surface area contributed by atoms with E-state index in [1.165, 1.54) is 7.11 Å². The van der Waals surface area contributed by atoms with Crippen LogP contribution in [0, 0.1) is 6.92 Å². The highest BCUT2D eigenvalue weighted by Crippen LogP contribution is 2.29. The third kappa shape index (κ3) is 5.54. The van der Waals surface area contributed by atoms with Crippen molar-refractivity contribution in [2.75, 3.05) is 31.1 Å². The molecule has 3 rings (SSSR count). The van der Waals surface area contributed by atoms with E-state index in [4.69, 9.17) is 15.3 Å². The van der Waals surface area contributed by atoms with E-state index >= 15 is 0 Å². The first kappa shape index (κ1) is 22.2. The predicted octanol–water partition coefficient (Wildman–Crippen LogP) is 2.00. The normalized spacial score (nSPS) is 10.5. The minimum Gasteiger partial charge on any atom is -0.497 e. The number of nitrogens with one attached hydrogen (secondary N) is 1. The molecule has 1 aromatic heterocycles. The number of methoxy groups -OCH3 is 2. The monoisotopic (exact) mass is 441 g/mol. The molecule has 0 aliphatic carbocycles. The third-order valence-electron chi connectivity index (χ3n) is 4.44. The minimum absolute atomic E-state index is 0.0161. The largest absolute Gasteiger partial charge is 0.497 e. The summed E-state index contributed by atoms with van der Waals surface area (Å²) >= 11 is 1.01. The van der Waals surface area contributed by atoms with Gasteiger partial charge in [0.15, 0.2) is 0 Å². The van der Waals surface area contributed by atoms with Gasteiger partial charge in [0.1, 0.15) is 17.2 Å². The van der Waals surface area contributed by atoms with E-state index in [2.05, 4.69) is 15.5 Å². The molecule has 3 N–H and O–H groups in total. The van der Waals surface area contributed by atoms with Gasteiger partial charge in [-0.2, -0.15) is 4.68 Å². The standard InChI is InChI=1S/C21H23N5O4S/c1-13-4-6-14(7-5-13)10-17-20(28)26(22)21(25-24-17)31-12-19(27)23-16-9-8-15(29-2)11-18(16)30-3/h4-9,11H,10,12,22H2,1-3H3,(H,23,27). The Morgan fingerprint density at radius 1 is 1.13 bits per heavy atom. The lowest BCUT2D eigenvalue weighted by Gasteiger charge is -2.12. The second-order valence-electron chi connectivity index (χ2n) is 6.67. The molecule has 9 nitrogen and oxygen atoms in total. The number of nitrogens with zero attached hydrogens (tertiary/aromatic N) is 3. The van der Waals surface area contributed by atoms with Crippen molar-refractivity contribution < 1.29 is 14.3 Å². The predicted molar refractivity (Wildman–Crippen MR) is 119 cm³/mol. The molecule has 1 amide bonds. The molecule has 3 aromatic rings. The van der Waals surface area contributed by atoms with Crippen molar-refractivity contribution in [2.45, 2.75) is 18.5 Å². The molecule has 2 aromatic carbocycles. The Kier molecular flexibility index (Phi) is 7.14. The zero-order chi connectivity index (χ0) is 22.4. The van der Waals surface area contributed by atoms with Gasteiger partial charge >= 0.3 is 0 Å². The summed E-state index contributed by atoms with van der Waals surface area (Å²) in [7, 11) is 3.04. The number of ether oxygens (including phenoxy) is 2. The summed E-state index contributed by atoms with van der Waals surface area (Å²) in [6.07, 6.45) is 0.325. The van der Waals surface area contributed by atoms with Crippen molar-refractivity contribution in [1.82, 2.24) is 14.9 Å². The second kappa shape index (κ2) is 9.98. The van der Waals surface area contributed by atoms with E-state index in [0.29, 0.717) is 23.6 Å². The molecule has 0 radical (unpaired) electrons. The summed E-state index contributed by atoms with van der Waals surface area (Å²) < 4.78 is 11.3. The Morgan fingerprint density at radius 2 is 1.87 bits per heavy atom. The molecular formula is C21H23N5O4S. The first-order valence-corrected chi connectivity index (χ1v) is 10.3. The van der Waals surface area contributed by atoms with E-state index in [1.807, 2.05) is 31.2 Å². The smallest absolute Gasteiger partial charge is 0.294 e. The number of hydrogen-bond donors (Lipinski definition) is 2. The van der Waals surface area contributed by atoms with Crippen molar-refractivity contribution in [3.8, 4) is 11.5 Å². The van der Waals surface area contributed by atoms with Crippen LogP contribution in [0.25, 0.3) is 0 Å². The number of rotatable bonds is 8. The van der Waals surface area contributed by atoms with E-state index in [1.54, 1.807) is 25.3 Å². The molecule has 0 aliphatic rings. The Hall–Kier alpha value is -3.53. The summed E-state index contributed by atoms with van der Waals surface area (Å²) in [5, 5.41) is 10.9. The summed E-state index contributed by atoms with van der Waals surface area (Å²) in [6.45, 7) is 1.99. The number of anilines is 1. The molecular weight excluding hydrogens is 418 g/mol. The van der Waals surface area contributed by atoms with E-state index in [0.717, 1.165) is 27.6 Å². The number of aryl methyl sites for hydroxylation is 1. The van der Waals surface area contributed by atoms with Gasteiger partial charge in [0.25, 0.3) is 5.56 Å². The van der Waals surface area contributed by atoms with Crippen LogP contribution in [0.5, 0.6) is 11.5 Å². The van der Waals surface area contributed by atoms with Crippen molar-refractivity contribution in [3.05, 3.63) is 69.6 Å². The number of carbonyl (C=O) groups is 1. The molecule has 1 heterocycles. The molecule has 0 aliphatic heterocycles. The molecule has 10 heteroatoms. The van der Waals surface area contributed by atoms with Crippen LogP contribution in [0.3, 0.4) is 0 Å². The summed E-state index contributed by atoms with van der Waals surface area (Å²) in [6, 6.07) is 12.8. The van der Waals surface area contributed by atoms with Crippen LogP contribution in [0.2, 0.25) is 0 Å². The van der Waals surface area contributed by atoms with Gasteiger partial charge < -0.3 is 20.6 Å². The van der Waals surface area contributed by atoms with Gasteiger partial charge in [-0.15, -0.1) is 10.2 Å². The topological polar surface area (TPSA) is 121 Å². The summed E-state index contributed by atoms with van der Waals surface area (Å²) in [4.78, 5) is 24.9. The van der Waals surface area contributed by atoms with Crippen molar-refractivity contribution in [1.29, 1.82) is 0 Å². The molecule has 0 unspecified atom stereocenters. The highest BCUT2D eigenvalue weighted by molar-refractivity contribution is 7.99. The van der Waals surface area contributed by atoms with Crippen LogP contribution in [0.1, 0.15) is 16.8 Å². The molecule has 0 saturated carbocycles. The molecule has 162 valence electrons. The highest BCUT2D eigenvalue weighted by atomic mass is 32.2. The van der Waals surface area contributed by atoms with Gasteiger partial charge in [-0.3, -0.25) is 9.59 Å². The van der Waals surface area contributed by atoms with Crippen LogP contribution < -0.4 is 26.2 Å². The molecule has 0 atom stereocenters. The number of carbonyl (C=O) groups excluding carboxylic acids is 1. The summed E-state index contributed by atoms with van der Waals surface area (Å²) in [5.41, 5.74) is 2.35. The second-order valence-corrected chi connectivity index (χ2v) is 7.61. The van der Waals surface area contributed by atoms with Crippen LogP contribution in [0.4, 0.5) is 5.69 Å². The Morgan fingerprint density at radius 3 is 2.55 bits per heavy atom. The zero-order valence-corrected chi connectivity index (χ0v) is 18.2. The fourth-order valence-electron chi connectivity index (χ4n) is 2.75. The Bertz CT molecular complexity index is 1130. The maximum atomic E-state index is 12.5. The van der Waals surface area contributed by atoms with E-state index < -0.39 is 5.56 Å². The highest BCUT2D eigenvalue weighted by Gasteiger charge is 2.14. The van der Waals surface area contributed by atoms with Crippen molar-refractivity contribution in [2.24, 2.45) is 0 Å². The number of hydrogen-bond acceptors (Lipinski definition) is 8. The summed E-state index contributed by atoms with van der Waals surface area (Å²) in [5.74, 6) is 6.64. The fraction of sp³-hybridized carbons (Fsp3) is 0.238. The van der Waals surface area contributed by atoms with Gasteiger partial charge in [0, 0.05) is 12.5 Å². The van der Waals surface area contributed by atoms with Crippen LogP contribution in [-0.4, -0.2) is 40.8 Å². The molecule has 0 saturated heterocycles. The number of benzene rings is 2. The van der Waals surface area contributed by atoms with Gasteiger partial charge in [-0.25, -0.2) is 0 Å². The molecule has 31 heavy (non-hydrogen) atoms. The first-order valence-electron chi connectivity index (χ1n) is 9.35. The maximum Gasteiger partial charge on any atom is 0.294 e. The number of amides is 1. The average molecular weight is 442 g/mol. The number of nitrogens with two attached hydrogens (primary N) is 1. The lowest BCUT2D eigenvalue weighted by molar-refractivity contribution is -0.113. The lowest BCUT2D eigenvalue weighted by Crippen LogP contribution is -2.34. The van der Waals surface area contributed by atoms with Crippen LogP contribution in [-0.2, 0) is 11.2 Å². The van der Waals surface area contributed by atoms with E-state index in [9.17, 15) is 9.59 Å². The number of aromatic nitrogens is 3. The number of nitrogen functional groups attached to an aromatic ring is 1. The number of thioether (sulfide) groups is 1. The SMILES string of the molecule is COc1ccc(NC(=O)CSc2nnc(Cc3ccc(C)cc3)c(=O)n2N)c(OC)c1. The van der Waals surface area contributed by atoms with Gasteiger partial charge in [0.05, 0.1) is 25.7 Å². The van der Waals surface area contributed by atoms with Crippen LogP contribution in [0.15, 0.2) is 52.4 Å². The van der Waals surface area contributed by atoms with E-state index in [-0.39, 0.29) is 22.5 Å². The quantitative estimate of drug-likeness (QED) is 0.402. The Balaban J connectivity index is 1.65.